The van der Waals surface area contributed by atoms with Gasteiger partial charge in [-0.2, -0.15) is 0 Å². The molecule has 1 N–H and O–H groups in total. The first kappa shape index (κ1) is 21.8. The van der Waals surface area contributed by atoms with Gasteiger partial charge in [-0.15, -0.1) is 0 Å². The van der Waals surface area contributed by atoms with Crippen LogP contribution in [0.3, 0.4) is 0 Å². The molecule has 0 aromatic heterocycles. The molecule has 0 spiro atoms. The number of rotatable bonds is 9. The molecule has 0 fully saturated rings. The minimum atomic E-state index is -0.228. The lowest BCUT2D eigenvalue weighted by Gasteiger charge is -2.11. The van der Waals surface area contributed by atoms with Crippen molar-refractivity contribution in [3.05, 3.63) is 83.4 Å². The van der Waals surface area contributed by atoms with Crippen LogP contribution in [-0.2, 0) is 6.61 Å². The van der Waals surface area contributed by atoms with Gasteiger partial charge in [0.15, 0.2) is 5.78 Å². The summed E-state index contributed by atoms with van der Waals surface area (Å²) in [6.07, 6.45) is 3.09. The van der Waals surface area contributed by atoms with Gasteiger partial charge < -0.3 is 24.1 Å². The molecular formula is C25H24O6. The maximum Gasteiger partial charge on any atom is 0.189 e. The van der Waals surface area contributed by atoms with Crippen molar-refractivity contribution in [2.75, 3.05) is 21.3 Å². The first-order chi connectivity index (χ1) is 15.0. The predicted octanol–water partition coefficient (Wildman–Crippen LogP) is 4.89. The van der Waals surface area contributed by atoms with Gasteiger partial charge in [-0.3, -0.25) is 4.79 Å². The van der Waals surface area contributed by atoms with E-state index in [0.717, 1.165) is 11.3 Å². The normalized spacial score (nSPS) is 10.7. The number of aromatic hydroxyl groups is 1. The zero-order valence-electron chi connectivity index (χ0n) is 17.6. The van der Waals surface area contributed by atoms with Crippen LogP contribution >= 0.6 is 0 Å². The Hall–Kier alpha value is -3.93. The molecule has 0 amide bonds. The number of ketones is 1. The summed E-state index contributed by atoms with van der Waals surface area (Å²) in [6, 6.07) is 17.3. The van der Waals surface area contributed by atoms with Crippen LogP contribution in [0.4, 0.5) is 0 Å². The molecule has 31 heavy (non-hydrogen) atoms. The number of phenolic OH excluding ortho intramolecular Hbond substituents is 1. The van der Waals surface area contributed by atoms with Crippen LogP contribution < -0.4 is 18.9 Å². The summed E-state index contributed by atoms with van der Waals surface area (Å²) in [5.41, 5.74) is 2.02. The monoisotopic (exact) mass is 420 g/mol. The smallest absolute Gasteiger partial charge is 0.189 e. The fourth-order valence-electron chi connectivity index (χ4n) is 2.93. The quantitative estimate of drug-likeness (QED) is 0.392. The molecule has 0 bridgehead atoms. The van der Waals surface area contributed by atoms with E-state index in [1.54, 1.807) is 50.6 Å². The first-order valence-electron chi connectivity index (χ1n) is 9.57. The number of benzene rings is 3. The Kier molecular flexibility index (Phi) is 7.17. The second-order valence-corrected chi connectivity index (χ2v) is 6.62. The second kappa shape index (κ2) is 10.2. The summed E-state index contributed by atoms with van der Waals surface area (Å²) >= 11 is 0. The van der Waals surface area contributed by atoms with E-state index in [1.807, 2.05) is 24.3 Å². The molecule has 0 unspecified atom stereocenters. The molecule has 3 aromatic carbocycles. The van der Waals surface area contributed by atoms with Crippen molar-refractivity contribution in [3.8, 4) is 28.7 Å². The SMILES string of the molecule is COc1ccc(COc2cc(O)ccc2C=CC(=O)c2ccc(OC)cc2OC)cc1. The fraction of sp³-hybridized carbons (Fsp3) is 0.160. The van der Waals surface area contributed by atoms with Gasteiger partial charge in [-0.05, 0) is 54.1 Å². The third kappa shape index (κ3) is 5.57. The Labute approximate surface area is 181 Å². The summed E-state index contributed by atoms with van der Waals surface area (Å²) in [7, 11) is 4.66. The highest BCUT2D eigenvalue weighted by Gasteiger charge is 2.12. The molecule has 6 heteroatoms. The van der Waals surface area contributed by atoms with Gasteiger partial charge >= 0.3 is 0 Å². The summed E-state index contributed by atoms with van der Waals surface area (Å²) < 4.78 is 21.5. The Morgan fingerprint density at radius 1 is 0.839 bits per heavy atom. The van der Waals surface area contributed by atoms with Gasteiger partial charge in [0.1, 0.15) is 35.4 Å². The number of allylic oxidation sites excluding steroid dienone is 1. The molecule has 6 nitrogen and oxygen atoms in total. The Balaban J connectivity index is 1.78. The van der Waals surface area contributed by atoms with E-state index in [0.29, 0.717) is 35.0 Å². The van der Waals surface area contributed by atoms with Gasteiger partial charge in [-0.25, -0.2) is 0 Å². The number of hydrogen-bond donors (Lipinski definition) is 1. The molecule has 0 saturated heterocycles. The van der Waals surface area contributed by atoms with Crippen LogP contribution in [0.1, 0.15) is 21.5 Å². The Morgan fingerprint density at radius 2 is 1.55 bits per heavy atom. The molecule has 0 aliphatic carbocycles. The third-order valence-electron chi connectivity index (χ3n) is 4.64. The number of carbonyl (C=O) groups excluding carboxylic acids is 1. The molecule has 0 aliphatic heterocycles. The molecular weight excluding hydrogens is 396 g/mol. The van der Waals surface area contributed by atoms with E-state index >= 15 is 0 Å². The minimum absolute atomic E-state index is 0.0741. The summed E-state index contributed by atoms with van der Waals surface area (Å²) in [5.74, 6) is 2.10. The van der Waals surface area contributed by atoms with E-state index < -0.39 is 0 Å². The van der Waals surface area contributed by atoms with Gasteiger partial charge in [0, 0.05) is 17.7 Å². The van der Waals surface area contributed by atoms with E-state index in [4.69, 9.17) is 18.9 Å². The van der Waals surface area contributed by atoms with Gasteiger partial charge in [-0.1, -0.05) is 12.1 Å². The van der Waals surface area contributed by atoms with Crippen LogP contribution in [0, 0.1) is 0 Å². The van der Waals surface area contributed by atoms with Crippen LogP contribution in [0.5, 0.6) is 28.7 Å². The maximum atomic E-state index is 12.7. The summed E-state index contributed by atoms with van der Waals surface area (Å²) in [4.78, 5) is 12.7. The predicted molar refractivity (Wildman–Crippen MR) is 118 cm³/mol. The molecule has 0 aliphatic rings. The largest absolute Gasteiger partial charge is 0.508 e. The average Bonchev–Trinajstić information content (AvgIpc) is 2.81. The van der Waals surface area contributed by atoms with E-state index in [1.165, 1.54) is 19.3 Å². The summed E-state index contributed by atoms with van der Waals surface area (Å²) in [5, 5.41) is 9.86. The van der Waals surface area contributed by atoms with E-state index in [9.17, 15) is 9.90 Å². The average molecular weight is 420 g/mol. The molecule has 0 heterocycles. The van der Waals surface area contributed by atoms with Crippen molar-refractivity contribution in [1.29, 1.82) is 0 Å². The standard InChI is InChI=1S/C25H24O6/c1-28-20-9-4-17(5-10-20)16-31-24-14-19(26)8-6-18(24)7-13-23(27)22-12-11-21(29-2)15-25(22)30-3/h4-15,26H,16H2,1-3H3. The Morgan fingerprint density at radius 3 is 2.23 bits per heavy atom. The molecule has 160 valence electrons. The number of carbonyl (C=O) groups is 1. The lowest BCUT2D eigenvalue weighted by Crippen LogP contribution is -2.00. The van der Waals surface area contributed by atoms with Crippen molar-refractivity contribution in [2.45, 2.75) is 6.61 Å². The number of phenols is 1. The van der Waals surface area contributed by atoms with Gasteiger partial charge in [0.2, 0.25) is 0 Å². The van der Waals surface area contributed by atoms with Crippen molar-refractivity contribution in [1.82, 2.24) is 0 Å². The van der Waals surface area contributed by atoms with Crippen LogP contribution in [0.15, 0.2) is 66.7 Å². The molecule has 0 radical (unpaired) electrons. The minimum Gasteiger partial charge on any atom is -0.508 e. The van der Waals surface area contributed by atoms with Crippen molar-refractivity contribution in [3.63, 3.8) is 0 Å². The third-order valence-corrected chi connectivity index (χ3v) is 4.64. The number of ether oxygens (including phenoxy) is 4. The van der Waals surface area contributed by atoms with Gasteiger partial charge in [0.25, 0.3) is 0 Å². The highest BCUT2D eigenvalue weighted by molar-refractivity contribution is 6.08. The van der Waals surface area contributed by atoms with Crippen LogP contribution in [0.2, 0.25) is 0 Å². The number of hydrogen-bond acceptors (Lipinski definition) is 6. The highest BCUT2D eigenvalue weighted by atomic mass is 16.5. The van der Waals surface area contributed by atoms with Crippen molar-refractivity contribution in [2.24, 2.45) is 0 Å². The van der Waals surface area contributed by atoms with Crippen LogP contribution in [-0.4, -0.2) is 32.2 Å². The molecule has 0 atom stereocenters. The lowest BCUT2D eigenvalue weighted by atomic mass is 10.1. The van der Waals surface area contributed by atoms with Gasteiger partial charge in [0.05, 0.1) is 26.9 Å². The lowest BCUT2D eigenvalue weighted by molar-refractivity contribution is 0.104. The first-order valence-corrected chi connectivity index (χ1v) is 9.57. The second-order valence-electron chi connectivity index (χ2n) is 6.62. The zero-order valence-corrected chi connectivity index (χ0v) is 17.6. The fourth-order valence-corrected chi connectivity index (χ4v) is 2.93. The highest BCUT2D eigenvalue weighted by Crippen LogP contribution is 2.28. The van der Waals surface area contributed by atoms with E-state index in [2.05, 4.69) is 0 Å². The molecule has 3 aromatic rings. The van der Waals surface area contributed by atoms with Crippen LogP contribution in [0.25, 0.3) is 6.08 Å². The Bertz CT molecular complexity index is 1070. The number of methoxy groups -OCH3 is 3. The van der Waals surface area contributed by atoms with Crippen molar-refractivity contribution < 1.29 is 28.8 Å². The van der Waals surface area contributed by atoms with Crippen molar-refractivity contribution >= 4 is 11.9 Å². The maximum absolute atomic E-state index is 12.7. The van der Waals surface area contributed by atoms with E-state index in [-0.39, 0.29) is 11.5 Å². The zero-order chi connectivity index (χ0) is 22.2. The molecule has 3 rings (SSSR count). The molecule has 0 saturated carbocycles. The topological polar surface area (TPSA) is 74.2 Å². The summed E-state index contributed by atoms with van der Waals surface area (Å²) in [6.45, 7) is 0.300.